The van der Waals surface area contributed by atoms with E-state index in [1.807, 2.05) is 0 Å². The van der Waals surface area contributed by atoms with Crippen LogP contribution in [0.3, 0.4) is 0 Å². The molecule has 0 bridgehead atoms. The number of carboxylic acids is 1. The molecular formula is C14H16N2O4. The summed E-state index contributed by atoms with van der Waals surface area (Å²) >= 11 is 0. The van der Waals surface area contributed by atoms with Crippen LogP contribution in [-0.4, -0.2) is 59.4 Å². The van der Waals surface area contributed by atoms with E-state index in [1.165, 1.54) is 21.9 Å². The smallest absolute Gasteiger partial charge is 0.335 e. The van der Waals surface area contributed by atoms with E-state index >= 15 is 0 Å². The molecule has 1 fully saturated rings. The van der Waals surface area contributed by atoms with Crippen LogP contribution in [0.2, 0.25) is 0 Å². The molecule has 0 unspecified atom stereocenters. The summed E-state index contributed by atoms with van der Waals surface area (Å²) < 4.78 is 0. The lowest BCUT2D eigenvalue weighted by molar-refractivity contribution is -0.148. The average Bonchev–Trinajstić information content (AvgIpc) is 2.42. The van der Waals surface area contributed by atoms with Crippen LogP contribution in [0.5, 0.6) is 0 Å². The Hall–Kier alpha value is -2.37. The molecule has 0 radical (unpaired) electrons. The van der Waals surface area contributed by atoms with E-state index in [4.69, 9.17) is 5.11 Å². The van der Waals surface area contributed by atoms with Gasteiger partial charge in [0.2, 0.25) is 11.8 Å². The van der Waals surface area contributed by atoms with Gasteiger partial charge in [0.15, 0.2) is 0 Å². The van der Waals surface area contributed by atoms with Gasteiger partial charge in [-0.2, -0.15) is 0 Å². The molecule has 1 aliphatic rings. The van der Waals surface area contributed by atoms with Gasteiger partial charge >= 0.3 is 5.97 Å². The van der Waals surface area contributed by atoms with Gasteiger partial charge < -0.3 is 14.9 Å². The lowest BCUT2D eigenvalue weighted by Gasteiger charge is -2.31. The molecule has 2 amide bonds. The fourth-order valence-corrected chi connectivity index (χ4v) is 2.05. The van der Waals surface area contributed by atoms with Gasteiger partial charge in [-0.3, -0.25) is 9.59 Å². The minimum absolute atomic E-state index is 0.0609. The van der Waals surface area contributed by atoms with E-state index in [0.29, 0.717) is 13.0 Å². The van der Waals surface area contributed by atoms with Gasteiger partial charge in [0, 0.05) is 13.6 Å². The van der Waals surface area contributed by atoms with E-state index < -0.39 is 5.97 Å². The maximum absolute atomic E-state index is 11.8. The van der Waals surface area contributed by atoms with Crippen molar-refractivity contribution in [3.05, 3.63) is 35.4 Å². The molecule has 6 heteroatoms. The van der Waals surface area contributed by atoms with Crippen molar-refractivity contribution in [2.24, 2.45) is 0 Å². The van der Waals surface area contributed by atoms with Crippen LogP contribution in [0.25, 0.3) is 0 Å². The highest BCUT2D eigenvalue weighted by atomic mass is 16.4. The Labute approximate surface area is 116 Å². The molecule has 6 nitrogen and oxygen atoms in total. The molecule has 1 N–H and O–H groups in total. The summed E-state index contributed by atoms with van der Waals surface area (Å²) in [6.45, 7) is 0.699. The zero-order valence-electron chi connectivity index (χ0n) is 11.2. The van der Waals surface area contributed by atoms with Crippen molar-refractivity contribution >= 4 is 17.8 Å². The van der Waals surface area contributed by atoms with E-state index in [9.17, 15) is 14.4 Å². The van der Waals surface area contributed by atoms with Crippen molar-refractivity contribution < 1.29 is 19.5 Å². The third kappa shape index (κ3) is 3.14. The van der Waals surface area contributed by atoms with Crippen LogP contribution >= 0.6 is 0 Å². The summed E-state index contributed by atoms with van der Waals surface area (Å²) in [5.74, 6) is -1.09. The van der Waals surface area contributed by atoms with Crippen molar-refractivity contribution in [2.45, 2.75) is 6.42 Å². The first-order valence-corrected chi connectivity index (χ1v) is 6.31. The van der Waals surface area contributed by atoms with Crippen molar-refractivity contribution in [3.63, 3.8) is 0 Å². The van der Waals surface area contributed by atoms with Crippen LogP contribution in [0.4, 0.5) is 0 Å². The van der Waals surface area contributed by atoms with Gasteiger partial charge in [-0.25, -0.2) is 4.79 Å². The second-order valence-electron chi connectivity index (χ2n) is 4.82. The van der Waals surface area contributed by atoms with Crippen LogP contribution in [0.15, 0.2) is 24.3 Å². The van der Waals surface area contributed by atoms with E-state index in [1.54, 1.807) is 19.2 Å². The standard InChI is InChI=1S/C14H16N2O4/c1-15-8-13(18)16(9-12(15)17)7-6-10-2-4-11(5-3-10)14(19)20/h2-5H,6-9H2,1H3,(H,19,20). The average molecular weight is 276 g/mol. The van der Waals surface area contributed by atoms with Gasteiger partial charge in [-0.1, -0.05) is 12.1 Å². The number of rotatable bonds is 4. The molecule has 0 spiro atoms. The summed E-state index contributed by atoms with van der Waals surface area (Å²) in [4.78, 5) is 37.0. The van der Waals surface area contributed by atoms with E-state index in [0.717, 1.165) is 5.56 Å². The molecule has 0 atom stereocenters. The van der Waals surface area contributed by atoms with E-state index in [2.05, 4.69) is 0 Å². The lowest BCUT2D eigenvalue weighted by atomic mass is 10.1. The highest BCUT2D eigenvalue weighted by molar-refractivity contribution is 5.92. The molecule has 1 aromatic rings. The number of benzene rings is 1. The quantitative estimate of drug-likeness (QED) is 0.854. The summed E-state index contributed by atoms with van der Waals surface area (Å²) in [6, 6.07) is 6.53. The maximum Gasteiger partial charge on any atom is 0.335 e. The Morgan fingerprint density at radius 2 is 1.80 bits per heavy atom. The molecule has 0 aromatic heterocycles. The first kappa shape index (κ1) is 14.0. The van der Waals surface area contributed by atoms with Crippen LogP contribution < -0.4 is 0 Å². The third-order valence-electron chi connectivity index (χ3n) is 3.35. The summed E-state index contributed by atoms with van der Waals surface area (Å²) in [7, 11) is 1.61. The second kappa shape index (κ2) is 5.73. The number of carbonyl (C=O) groups is 3. The SMILES string of the molecule is CN1CC(=O)N(CCc2ccc(C(=O)O)cc2)CC1=O. The highest BCUT2D eigenvalue weighted by Crippen LogP contribution is 2.08. The number of carboxylic acid groups (broad SMARTS) is 1. The Morgan fingerprint density at radius 3 is 2.40 bits per heavy atom. The number of piperazine rings is 1. The van der Waals surface area contributed by atoms with Crippen molar-refractivity contribution in [1.82, 2.24) is 9.80 Å². The molecule has 0 saturated carbocycles. The Bertz CT molecular complexity index is 539. The fraction of sp³-hybridized carbons (Fsp3) is 0.357. The number of hydrogen-bond donors (Lipinski definition) is 1. The van der Waals surface area contributed by atoms with E-state index in [-0.39, 0.29) is 30.5 Å². The van der Waals surface area contributed by atoms with Crippen molar-refractivity contribution in [3.8, 4) is 0 Å². The monoisotopic (exact) mass is 276 g/mol. The summed E-state index contributed by atoms with van der Waals surface area (Å²) in [5.41, 5.74) is 1.17. The molecule has 1 aromatic carbocycles. The molecular weight excluding hydrogens is 260 g/mol. The van der Waals surface area contributed by atoms with Crippen LogP contribution in [-0.2, 0) is 16.0 Å². The minimum Gasteiger partial charge on any atom is -0.478 e. The Morgan fingerprint density at radius 1 is 1.15 bits per heavy atom. The topological polar surface area (TPSA) is 77.9 Å². The van der Waals surface area contributed by atoms with Crippen molar-refractivity contribution in [1.29, 1.82) is 0 Å². The molecule has 1 heterocycles. The van der Waals surface area contributed by atoms with Gasteiger partial charge in [-0.15, -0.1) is 0 Å². The van der Waals surface area contributed by atoms with Gasteiger partial charge in [0.05, 0.1) is 18.7 Å². The van der Waals surface area contributed by atoms with Crippen LogP contribution in [0.1, 0.15) is 15.9 Å². The van der Waals surface area contributed by atoms with Gasteiger partial charge in [0.1, 0.15) is 0 Å². The molecule has 20 heavy (non-hydrogen) atoms. The zero-order chi connectivity index (χ0) is 14.7. The number of hydrogen-bond acceptors (Lipinski definition) is 3. The first-order valence-electron chi connectivity index (χ1n) is 6.31. The molecule has 1 saturated heterocycles. The lowest BCUT2D eigenvalue weighted by Crippen LogP contribution is -2.52. The first-order chi connectivity index (χ1) is 9.47. The van der Waals surface area contributed by atoms with Gasteiger partial charge in [0.25, 0.3) is 0 Å². The largest absolute Gasteiger partial charge is 0.478 e. The highest BCUT2D eigenvalue weighted by Gasteiger charge is 2.26. The number of amides is 2. The Balaban J connectivity index is 1.93. The number of nitrogens with zero attached hydrogens (tertiary/aromatic N) is 2. The zero-order valence-corrected chi connectivity index (χ0v) is 11.2. The number of likely N-dealkylation sites (N-methyl/N-ethyl adjacent to an activating group) is 1. The number of carbonyl (C=O) groups excluding carboxylic acids is 2. The minimum atomic E-state index is -0.962. The molecule has 1 aliphatic heterocycles. The fourth-order valence-electron chi connectivity index (χ4n) is 2.05. The van der Waals surface area contributed by atoms with Crippen LogP contribution in [0, 0.1) is 0 Å². The molecule has 106 valence electrons. The number of aromatic carboxylic acids is 1. The summed E-state index contributed by atoms with van der Waals surface area (Å²) in [6.07, 6.45) is 0.600. The maximum atomic E-state index is 11.8. The Kier molecular flexibility index (Phi) is 4.02. The normalized spacial score (nSPS) is 15.7. The van der Waals surface area contributed by atoms with Gasteiger partial charge in [-0.05, 0) is 24.1 Å². The van der Waals surface area contributed by atoms with Crippen molar-refractivity contribution in [2.75, 3.05) is 26.7 Å². The molecule has 2 rings (SSSR count). The molecule has 0 aliphatic carbocycles. The predicted octanol–water partition coefficient (Wildman–Crippen LogP) is 0.228. The predicted molar refractivity (Wildman–Crippen MR) is 71.3 cm³/mol. The third-order valence-corrected chi connectivity index (χ3v) is 3.35. The summed E-state index contributed by atoms with van der Waals surface area (Å²) in [5, 5.41) is 8.80. The second-order valence-corrected chi connectivity index (χ2v) is 4.82.